The van der Waals surface area contributed by atoms with E-state index in [4.69, 9.17) is 15.2 Å². The van der Waals surface area contributed by atoms with Gasteiger partial charge in [0.15, 0.2) is 5.82 Å². The standard InChI is InChI=1S/C18H25BrN4O2/c1-3-5-9-24-16-8-7-15(18(23-16)25-10-6-4-2)22-17-14(20)11-13(19)12-21-17/h7-8,11-12H,3-6,9-10,20H2,1-2H3,(H,21,22). The van der Waals surface area contributed by atoms with Gasteiger partial charge in [-0.1, -0.05) is 26.7 Å². The molecular weight excluding hydrogens is 384 g/mol. The van der Waals surface area contributed by atoms with Crippen molar-refractivity contribution >= 4 is 33.1 Å². The van der Waals surface area contributed by atoms with Gasteiger partial charge in [-0.15, -0.1) is 0 Å². The number of rotatable bonds is 10. The molecule has 7 heteroatoms. The molecular formula is C18H25BrN4O2. The number of nitrogens with two attached hydrogens (primary N) is 1. The van der Waals surface area contributed by atoms with Gasteiger partial charge in [0.05, 0.1) is 18.9 Å². The summed E-state index contributed by atoms with van der Waals surface area (Å²) in [4.78, 5) is 8.77. The van der Waals surface area contributed by atoms with Gasteiger partial charge in [-0.25, -0.2) is 4.98 Å². The Morgan fingerprint density at radius 2 is 1.84 bits per heavy atom. The highest BCUT2D eigenvalue weighted by Gasteiger charge is 2.11. The maximum absolute atomic E-state index is 6.01. The fourth-order valence-corrected chi connectivity index (χ4v) is 2.38. The zero-order valence-electron chi connectivity index (χ0n) is 14.7. The van der Waals surface area contributed by atoms with E-state index in [0.29, 0.717) is 42.2 Å². The van der Waals surface area contributed by atoms with Crippen LogP contribution in [0.5, 0.6) is 11.8 Å². The topological polar surface area (TPSA) is 82.3 Å². The first-order valence-electron chi connectivity index (χ1n) is 8.58. The number of pyridine rings is 2. The number of nitrogens with zero attached hydrogens (tertiary/aromatic N) is 2. The number of hydrogen-bond donors (Lipinski definition) is 2. The lowest BCUT2D eigenvalue weighted by Crippen LogP contribution is -2.06. The van der Waals surface area contributed by atoms with E-state index in [1.54, 1.807) is 12.3 Å². The molecule has 6 nitrogen and oxygen atoms in total. The smallest absolute Gasteiger partial charge is 0.241 e. The minimum Gasteiger partial charge on any atom is -0.478 e. The van der Waals surface area contributed by atoms with Crippen molar-refractivity contribution in [2.75, 3.05) is 24.3 Å². The van der Waals surface area contributed by atoms with Gasteiger partial charge in [0, 0.05) is 16.7 Å². The fourth-order valence-electron chi connectivity index (χ4n) is 2.03. The third kappa shape index (κ3) is 6.08. The maximum Gasteiger partial charge on any atom is 0.241 e. The van der Waals surface area contributed by atoms with Crippen LogP contribution in [0.15, 0.2) is 28.9 Å². The average Bonchev–Trinajstić information content (AvgIpc) is 2.59. The summed E-state index contributed by atoms with van der Waals surface area (Å²) in [5.41, 5.74) is 7.26. The molecule has 0 radical (unpaired) electrons. The van der Waals surface area contributed by atoms with Gasteiger partial charge in [-0.3, -0.25) is 0 Å². The summed E-state index contributed by atoms with van der Waals surface area (Å²) in [6.45, 7) is 5.48. The van der Waals surface area contributed by atoms with E-state index in [-0.39, 0.29) is 0 Å². The Hall–Kier alpha value is -2.02. The predicted octanol–water partition coefficient (Wildman–Crippen LogP) is 4.92. The van der Waals surface area contributed by atoms with Crippen molar-refractivity contribution in [3.8, 4) is 11.8 Å². The molecule has 0 saturated heterocycles. The van der Waals surface area contributed by atoms with Gasteiger partial charge < -0.3 is 20.5 Å². The minimum atomic E-state index is 0.492. The average molecular weight is 409 g/mol. The number of nitrogen functional groups attached to an aromatic ring is 1. The van der Waals surface area contributed by atoms with Crippen LogP contribution in [0.2, 0.25) is 0 Å². The summed E-state index contributed by atoms with van der Waals surface area (Å²) in [6.07, 6.45) is 5.77. The van der Waals surface area contributed by atoms with E-state index in [1.807, 2.05) is 12.1 Å². The molecule has 0 aliphatic rings. The summed E-state index contributed by atoms with van der Waals surface area (Å²) < 4.78 is 12.3. The Morgan fingerprint density at radius 1 is 1.12 bits per heavy atom. The molecule has 0 aromatic carbocycles. The van der Waals surface area contributed by atoms with Gasteiger partial charge in [0.25, 0.3) is 0 Å². The van der Waals surface area contributed by atoms with E-state index in [2.05, 4.69) is 45.1 Å². The van der Waals surface area contributed by atoms with Gasteiger partial charge >= 0.3 is 0 Å². The molecule has 0 aliphatic heterocycles. The molecule has 0 fully saturated rings. The van der Waals surface area contributed by atoms with E-state index < -0.39 is 0 Å². The predicted molar refractivity (Wildman–Crippen MR) is 105 cm³/mol. The molecule has 0 spiro atoms. The van der Waals surface area contributed by atoms with Crippen LogP contribution in [0.1, 0.15) is 39.5 Å². The molecule has 25 heavy (non-hydrogen) atoms. The van der Waals surface area contributed by atoms with Gasteiger partial charge in [0.1, 0.15) is 5.69 Å². The number of aromatic nitrogens is 2. The second-order valence-electron chi connectivity index (χ2n) is 5.62. The largest absolute Gasteiger partial charge is 0.478 e. The van der Waals surface area contributed by atoms with Crippen molar-refractivity contribution in [2.24, 2.45) is 0 Å². The molecule has 2 aromatic rings. The lowest BCUT2D eigenvalue weighted by atomic mass is 10.3. The van der Waals surface area contributed by atoms with E-state index >= 15 is 0 Å². The molecule has 0 saturated carbocycles. The van der Waals surface area contributed by atoms with Crippen molar-refractivity contribution < 1.29 is 9.47 Å². The van der Waals surface area contributed by atoms with Crippen LogP contribution >= 0.6 is 15.9 Å². The van der Waals surface area contributed by atoms with Crippen molar-refractivity contribution in [3.05, 3.63) is 28.9 Å². The van der Waals surface area contributed by atoms with Crippen molar-refractivity contribution in [2.45, 2.75) is 39.5 Å². The first kappa shape index (κ1) is 19.3. The molecule has 0 aliphatic carbocycles. The molecule has 2 rings (SSSR count). The maximum atomic E-state index is 6.01. The Balaban J connectivity index is 2.18. The molecule has 0 bridgehead atoms. The van der Waals surface area contributed by atoms with Crippen LogP contribution in [0, 0.1) is 0 Å². The molecule has 2 heterocycles. The Labute approximate surface area is 157 Å². The number of ether oxygens (including phenoxy) is 2. The second kappa shape index (κ2) is 10.1. The number of halogens is 1. The molecule has 0 atom stereocenters. The Morgan fingerprint density at radius 3 is 2.52 bits per heavy atom. The number of nitrogens with one attached hydrogen (secondary N) is 1. The number of hydrogen-bond acceptors (Lipinski definition) is 6. The quantitative estimate of drug-likeness (QED) is 0.542. The van der Waals surface area contributed by atoms with Crippen molar-refractivity contribution in [1.29, 1.82) is 0 Å². The first-order valence-corrected chi connectivity index (χ1v) is 9.38. The molecule has 3 N–H and O–H groups in total. The zero-order valence-corrected chi connectivity index (χ0v) is 16.3. The van der Waals surface area contributed by atoms with Crippen LogP contribution in [0.3, 0.4) is 0 Å². The van der Waals surface area contributed by atoms with E-state index in [9.17, 15) is 0 Å². The normalized spacial score (nSPS) is 10.5. The van der Waals surface area contributed by atoms with Crippen LogP contribution in [0.25, 0.3) is 0 Å². The summed E-state index contributed by atoms with van der Waals surface area (Å²) in [6, 6.07) is 5.49. The van der Waals surface area contributed by atoms with Crippen molar-refractivity contribution in [3.63, 3.8) is 0 Å². The monoisotopic (exact) mass is 408 g/mol. The summed E-state index contributed by atoms with van der Waals surface area (Å²) in [5, 5.41) is 3.19. The van der Waals surface area contributed by atoms with E-state index in [1.165, 1.54) is 0 Å². The van der Waals surface area contributed by atoms with Crippen LogP contribution in [-0.4, -0.2) is 23.2 Å². The molecule has 0 amide bonds. The number of anilines is 3. The van der Waals surface area contributed by atoms with Crippen molar-refractivity contribution in [1.82, 2.24) is 9.97 Å². The van der Waals surface area contributed by atoms with E-state index in [0.717, 1.165) is 30.2 Å². The Kier molecular flexibility index (Phi) is 7.78. The Bertz CT molecular complexity index is 682. The highest BCUT2D eigenvalue weighted by Crippen LogP contribution is 2.30. The molecule has 0 unspecified atom stereocenters. The SMILES string of the molecule is CCCCOc1ccc(Nc2ncc(Br)cc2N)c(OCCCC)n1. The second-order valence-corrected chi connectivity index (χ2v) is 6.54. The fraction of sp³-hybridized carbons (Fsp3) is 0.444. The van der Waals surface area contributed by atoms with Gasteiger partial charge in [-0.05, 0) is 40.9 Å². The number of unbranched alkanes of at least 4 members (excludes halogenated alkanes) is 2. The van der Waals surface area contributed by atoms with Crippen LogP contribution < -0.4 is 20.5 Å². The van der Waals surface area contributed by atoms with Crippen LogP contribution in [0.4, 0.5) is 17.2 Å². The van der Waals surface area contributed by atoms with Gasteiger partial charge in [-0.2, -0.15) is 4.98 Å². The molecule has 136 valence electrons. The highest BCUT2D eigenvalue weighted by atomic mass is 79.9. The third-order valence-corrected chi connectivity index (χ3v) is 3.89. The molecule has 2 aromatic heterocycles. The lowest BCUT2D eigenvalue weighted by molar-refractivity contribution is 0.274. The highest BCUT2D eigenvalue weighted by molar-refractivity contribution is 9.10. The first-order chi connectivity index (χ1) is 12.1. The zero-order chi connectivity index (χ0) is 18.1. The lowest BCUT2D eigenvalue weighted by Gasteiger charge is -2.14. The minimum absolute atomic E-state index is 0.492. The summed E-state index contributed by atoms with van der Waals surface area (Å²) >= 11 is 3.35. The third-order valence-electron chi connectivity index (χ3n) is 3.46. The summed E-state index contributed by atoms with van der Waals surface area (Å²) in [7, 11) is 0. The van der Waals surface area contributed by atoms with Crippen LogP contribution in [-0.2, 0) is 0 Å². The van der Waals surface area contributed by atoms with Gasteiger partial charge in [0.2, 0.25) is 11.8 Å². The summed E-state index contributed by atoms with van der Waals surface area (Å²) in [5.74, 6) is 1.61.